The van der Waals surface area contributed by atoms with Gasteiger partial charge in [0.1, 0.15) is 17.3 Å². The van der Waals surface area contributed by atoms with E-state index in [1.54, 1.807) is 32.0 Å². The number of fused-ring (bicyclic) bond motifs is 1. The molecule has 0 spiro atoms. The monoisotopic (exact) mass is 416 g/mol. The fourth-order valence-electron chi connectivity index (χ4n) is 3.13. The van der Waals surface area contributed by atoms with Gasteiger partial charge in [0.2, 0.25) is 0 Å². The van der Waals surface area contributed by atoms with E-state index in [0.717, 1.165) is 16.5 Å². The summed E-state index contributed by atoms with van der Waals surface area (Å²) in [6.45, 7) is 3.37. The smallest absolute Gasteiger partial charge is 0.303 e. The quantitative estimate of drug-likeness (QED) is 0.593. The van der Waals surface area contributed by atoms with E-state index in [1.807, 2.05) is 6.07 Å². The lowest BCUT2D eigenvalue weighted by Crippen LogP contribution is -2.03. The lowest BCUT2D eigenvalue weighted by Gasteiger charge is -2.16. The fourth-order valence-corrected chi connectivity index (χ4v) is 4.01. The third kappa shape index (κ3) is 4.56. The minimum absolute atomic E-state index is 0.00183. The highest BCUT2D eigenvalue weighted by molar-refractivity contribution is 7.91. The number of benzene rings is 3. The van der Waals surface area contributed by atoms with Crippen molar-refractivity contribution in [3.05, 3.63) is 65.5 Å². The van der Waals surface area contributed by atoms with Gasteiger partial charge in [-0.05, 0) is 66.3 Å². The third-order valence-electron chi connectivity index (χ3n) is 4.80. The second-order valence-corrected chi connectivity index (χ2v) is 9.00. The second kappa shape index (κ2) is 8.21. The van der Waals surface area contributed by atoms with Gasteiger partial charge in [-0.1, -0.05) is 19.1 Å². The van der Waals surface area contributed by atoms with E-state index in [1.165, 1.54) is 24.3 Å². The lowest BCUT2D eigenvalue weighted by molar-refractivity contribution is -0.136. The average molecular weight is 416 g/mol. The van der Waals surface area contributed by atoms with E-state index in [0.29, 0.717) is 23.3 Å². The highest BCUT2D eigenvalue weighted by atomic mass is 32.2. The van der Waals surface area contributed by atoms with Crippen LogP contribution in [-0.4, -0.2) is 25.2 Å². The zero-order chi connectivity index (χ0) is 21.2. The van der Waals surface area contributed by atoms with Crippen LogP contribution in [0.1, 0.15) is 24.5 Å². The normalized spacial score (nSPS) is 11.6. The topological polar surface area (TPSA) is 80.7 Å². The first-order valence-corrected chi connectivity index (χ1v) is 10.8. The standard InChI is InChI=1S/C22H21FO5S/c1-3-29(26,27)19-9-7-18(8-10-19)28-22-14(2)15(5-11-21(24)25)12-16-4-6-17(23)13-20(16)22/h4,6-10,12-13H,3,5,11H2,1-2H3,(H,24,25). The molecule has 3 aromatic rings. The zero-order valence-corrected chi connectivity index (χ0v) is 16.9. The molecule has 0 aliphatic heterocycles. The number of carbonyl (C=O) groups is 1. The van der Waals surface area contributed by atoms with Crippen molar-refractivity contribution in [2.24, 2.45) is 0 Å². The van der Waals surface area contributed by atoms with Gasteiger partial charge < -0.3 is 9.84 Å². The molecule has 7 heteroatoms. The van der Waals surface area contributed by atoms with Crippen molar-refractivity contribution in [3.63, 3.8) is 0 Å². The molecule has 0 bridgehead atoms. The first-order chi connectivity index (χ1) is 13.7. The van der Waals surface area contributed by atoms with Gasteiger partial charge in [0, 0.05) is 11.8 Å². The van der Waals surface area contributed by atoms with Gasteiger partial charge in [0.05, 0.1) is 10.6 Å². The van der Waals surface area contributed by atoms with E-state index in [2.05, 4.69) is 0 Å². The molecule has 0 saturated carbocycles. The van der Waals surface area contributed by atoms with Gasteiger partial charge in [-0.15, -0.1) is 0 Å². The molecule has 0 atom stereocenters. The van der Waals surface area contributed by atoms with Crippen molar-refractivity contribution < 1.29 is 27.4 Å². The van der Waals surface area contributed by atoms with Gasteiger partial charge in [0.25, 0.3) is 0 Å². The summed E-state index contributed by atoms with van der Waals surface area (Å²) in [5, 5.41) is 10.3. The van der Waals surface area contributed by atoms with Crippen LogP contribution in [0.25, 0.3) is 10.8 Å². The summed E-state index contributed by atoms with van der Waals surface area (Å²) in [6.07, 6.45) is 0.287. The van der Waals surface area contributed by atoms with Gasteiger partial charge in [-0.2, -0.15) is 0 Å². The van der Waals surface area contributed by atoms with Crippen LogP contribution in [0.4, 0.5) is 4.39 Å². The molecule has 5 nitrogen and oxygen atoms in total. The molecule has 152 valence electrons. The number of carboxylic acids is 1. The van der Waals surface area contributed by atoms with Gasteiger partial charge in [-0.3, -0.25) is 4.79 Å². The molecule has 0 aromatic heterocycles. The summed E-state index contributed by atoms with van der Waals surface area (Å²) in [4.78, 5) is 11.2. The number of sulfone groups is 1. The molecule has 0 saturated heterocycles. The van der Waals surface area contributed by atoms with Crippen molar-refractivity contribution in [3.8, 4) is 11.5 Å². The Kier molecular flexibility index (Phi) is 5.88. The van der Waals surface area contributed by atoms with Crippen LogP contribution in [0.3, 0.4) is 0 Å². The molecule has 0 aliphatic rings. The van der Waals surface area contributed by atoms with Crippen LogP contribution in [-0.2, 0) is 21.1 Å². The summed E-state index contributed by atoms with van der Waals surface area (Å²) < 4.78 is 43.8. The van der Waals surface area contributed by atoms with E-state index >= 15 is 0 Å². The Morgan fingerprint density at radius 1 is 1.10 bits per heavy atom. The number of halogens is 1. The van der Waals surface area contributed by atoms with Crippen LogP contribution in [0.15, 0.2) is 53.4 Å². The molecule has 3 aromatic carbocycles. The van der Waals surface area contributed by atoms with Crippen molar-refractivity contribution in [1.82, 2.24) is 0 Å². The second-order valence-electron chi connectivity index (χ2n) is 6.73. The first kappa shape index (κ1) is 20.8. The maximum absolute atomic E-state index is 13.9. The van der Waals surface area contributed by atoms with Crippen LogP contribution in [0, 0.1) is 12.7 Å². The summed E-state index contributed by atoms with van der Waals surface area (Å²) in [6, 6.07) is 12.2. The van der Waals surface area contributed by atoms with Crippen LogP contribution >= 0.6 is 0 Å². The predicted molar refractivity (Wildman–Crippen MR) is 109 cm³/mol. The minimum Gasteiger partial charge on any atom is -0.481 e. The Bertz CT molecular complexity index is 1170. The number of carboxylic acid groups (broad SMARTS) is 1. The van der Waals surface area contributed by atoms with Crippen LogP contribution < -0.4 is 4.74 Å². The van der Waals surface area contributed by atoms with Crippen molar-refractivity contribution in [1.29, 1.82) is 0 Å². The van der Waals surface area contributed by atoms with Crippen LogP contribution in [0.5, 0.6) is 11.5 Å². The molecule has 1 N–H and O–H groups in total. The molecule has 0 amide bonds. The third-order valence-corrected chi connectivity index (χ3v) is 6.55. The fraction of sp³-hybridized carbons (Fsp3) is 0.227. The Morgan fingerprint density at radius 3 is 2.41 bits per heavy atom. The summed E-state index contributed by atoms with van der Waals surface area (Å²) in [5.74, 6) is -0.484. The van der Waals surface area contributed by atoms with Gasteiger partial charge in [-0.25, -0.2) is 12.8 Å². The van der Waals surface area contributed by atoms with Crippen molar-refractivity contribution in [2.45, 2.75) is 31.6 Å². The minimum atomic E-state index is -3.32. The average Bonchev–Trinajstić information content (AvgIpc) is 2.69. The summed E-state index contributed by atoms with van der Waals surface area (Å²) >= 11 is 0. The zero-order valence-electron chi connectivity index (χ0n) is 16.1. The first-order valence-electron chi connectivity index (χ1n) is 9.15. The molecular formula is C22H21FO5S. The van der Waals surface area contributed by atoms with Crippen LogP contribution in [0.2, 0.25) is 0 Å². The van der Waals surface area contributed by atoms with Gasteiger partial charge >= 0.3 is 5.97 Å². The van der Waals surface area contributed by atoms with Gasteiger partial charge in [0.15, 0.2) is 9.84 Å². The van der Waals surface area contributed by atoms with E-state index in [4.69, 9.17) is 9.84 Å². The van der Waals surface area contributed by atoms with E-state index in [9.17, 15) is 17.6 Å². The van der Waals surface area contributed by atoms with Crippen molar-refractivity contribution in [2.75, 3.05) is 5.75 Å². The largest absolute Gasteiger partial charge is 0.481 e. The number of ether oxygens (including phenoxy) is 1. The highest BCUT2D eigenvalue weighted by Crippen LogP contribution is 2.37. The van der Waals surface area contributed by atoms with E-state index < -0.39 is 21.6 Å². The Hall–Kier alpha value is -2.93. The summed E-state index contributed by atoms with van der Waals surface area (Å²) in [7, 11) is -3.32. The number of aryl methyl sites for hydroxylation is 1. The Balaban J connectivity index is 2.06. The molecule has 3 rings (SSSR count). The molecule has 0 fully saturated rings. The number of aliphatic carboxylic acids is 1. The SMILES string of the molecule is CCS(=O)(=O)c1ccc(Oc2c(C)c(CCC(=O)O)cc3ccc(F)cc23)cc1. The highest BCUT2D eigenvalue weighted by Gasteiger charge is 2.16. The number of hydrogen-bond acceptors (Lipinski definition) is 4. The molecule has 0 heterocycles. The van der Waals surface area contributed by atoms with E-state index in [-0.39, 0.29) is 17.1 Å². The number of hydrogen-bond donors (Lipinski definition) is 1. The molecule has 29 heavy (non-hydrogen) atoms. The van der Waals surface area contributed by atoms with Crippen molar-refractivity contribution >= 4 is 26.6 Å². The number of rotatable bonds is 7. The molecule has 0 unspecified atom stereocenters. The predicted octanol–water partition coefficient (Wildman–Crippen LogP) is 4.89. The molecule has 0 aliphatic carbocycles. The maximum Gasteiger partial charge on any atom is 0.303 e. The Labute approximate surface area is 168 Å². The Morgan fingerprint density at radius 2 is 1.79 bits per heavy atom. The lowest BCUT2D eigenvalue weighted by atomic mass is 9.97. The molecular weight excluding hydrogens is 395 g/mol. The summed E-state index contributed by atoms with van der Waals surface area (Å²) in [5.41, 5.74) is 1.52. The maximum atomic E-state index is 13.9. The molecule has 0 radical (unpaired) electrons.